The van der Waals surface area contributed by atoms with Gasteiger partial charge in [0.2, 0.25) is 5.95 Å². The molecule has 0 saturated carbocycles. The number of hydrogen-bond donors (Lipinski definition) is 2. The molecule has 1 aromatic carbocycles. The molecule has 5 heteroatoms. The molecule has 0 unspecified atom stereocenters. The number of anilines is 3. The second-order valence-electron chi connectivity index (χ2n) is 4.47. The molecule has 5 nitrogen and oxygen atoms in total. The van der Waals surface area contributed by atoms with Crippen molar-refractivity contribution >= 4 is 17.5 Å². The maximum atomic E-state index is 5.21. The number of aryl methyl sites for hydroxylation is 1. The predicted octanol–water partition coefficient (Wildman–Crippen LogP) is 3.11. The van der Waals surface area contributed by atoms with Crippen LogP contribution in [-0.4, -0.2) is 23.6 Å². The topological polar surface area (TPSA) is 59.1 Å². The van der Waals surface area contributed by atoms with Crippen molar-refractivity contribution in [1.29, 1.82) is 0 Å². The Morgan fingerprint density at radius 1 is 1.25 bits per heavy atom. The van der Waals surface area contributed by atoms with Crippen molar-refractivity contribution < 1.29 is 4.74 Å². The summed E-state index contributed by atoms with van der Waals surface area (Å²) >= 11 is 0. The van der Waals surface area contributed by atoms with Crippen LogP contribution >= 0.6 is 0 Å². The molecular formula is C15H20N4O. The molecule has 2 rings (SSSR count). The highest BCUT2D eigenvalue weighted by Crippen LogP contribution is 2.22. The number of rotatable bonds is 6. The molecule has 0 saturated heterocycles. The van der Waals surface area contributed by atoms with Gasteiger partial charge in [-0.25, -0.2) is 4.98 Å². The van der Waals surface area contributed by atoms with Crippen molar-refractivity contribution in [3.8, 4) is 0 Å². The van der Waals surface area contributed by atoms with E-state index in [-0.39, 0.29) is 0 Å². The number of ether oxygens (including phenoxy) is 1. The summed E-state index contributed by atoms with van der Waals surface area (Å²) in [4.78, 5) is 8.73. The van der Waals surface area contributed by atoms with E-state index in [1.807, 2.05) is 44.3 Å². The maximum absolute atomic E-state index is 5.21. The minimum atomic E-state index is 0.563. The number of hydrogen-bond acceptors (Lipinski definition) is 5. The van der Waals surface area contributed by atoms with Gasteiger partial charge in [0.05, 0.1) is 6.61 Å². The highest BCUT2D eigenvalue weighted by molar-refractivity contribution is 5.63. The number of para-hydroxylation sites is 1. The zero-order valence-corrected chi connectivity index (χ0v) is 12.1. The van der Waals surface area contributed by atoms with Crippen LogP contribution in [0.5, 0.6) is 0 Å². The van der Waals surface area contributed by atoms with Crippen LogP contribution in [0.3, 0.4) is 0 Å². The van der Waals surface area contributed by atoms with E-state index >= 15 is 0 Å². The van der Waals surface area contributed by atoms with E-state index in [4.69, 9.17) is 4.74 Å². The maximum Gasteiger partial charge on any atom is 0.224 e. The number of aromatic nitrogens is 2. The number of nitrogens with one attached hydrogen (secondary N) is 2. The largest absolute Gasteiger partial charge is 0.380 e. The van der Waals surface area contributed by atoms with E-state index in [9.17, 15) is 0 Å². The zero-order valence-electron chi connectivity index (χ0n) is 12.1. The summed E-state index contributed by atoms with van der Waals surface area (Å²) in [6.07, 6.45) is 1.81. The van der Waals surface area contributed by atoms with Crippen LogP contribution in [0.15, 0.2) is 30.5 Å². The fourth-order valence-electron chi connectivity index (χ4n) is 1.86. The Balaban J connectivity index is 2.27. The molecule has 0 aliphatic heterocycles. The van der Waals surface area contributed by atoms with Crippen molar-refractivity contribution in [2.45, 2.75) is 20.5 Å². The summed E-state index contributed by atoms with van der Waals surface area (Å²) in [5, 5.41) is 6.47. The Labute approximate surface area is 119 Å². The van der Waals surface area contributed by atoms with Crippen LogP contribution in [-0.2, 0) is 11.3 Å². The Morgan fingerprint density at radius 3 is 2.80 bits per heavy atom. The molecule has 0 amide bonds. The first kappa shape index (κ1) is 14.3. The third-order valence-electron chi connectivity index (χ3n) is 2.88. The second-order valence-corrected chi connectivity index (χ2v) is 4.47. The smallest absolute Gasteiger partial charge is 0.224 e. The van der Waals surface area contributed by atoms with Gasteiger partial charge in [0.15, 0.2) is 0 Å². The second kappa shape index (κ2) is 6.86. The Morgan fingerprint density at radius 2 is 2.05 bits per heavy atom. The lowest BCUT2D eigenvalue weighted by Gasteiger charge is -2.13. The monoisotopic (exact) mass is 272 g/mol. The molecule has 106 valence electrons. The van der Waals surface area contributed by atoms with E-state index in [1.165, 1.54) is 0 Å². The predicted molar refractivity (Wildman–Crippen MR) is 81.4 cm³/mol. The first-order valence-corrected chi connectivity index (χ1v) is 6.66. The molecule has 0 bridgehead atoms. The van der Waals surface area contributed by atoms with Gasteiger partial charge < -0.3 is 15.4 Å². The van der Waals surface area contributed by atoms with Crippen molar-refractivity contribution in [3.63, 3.8) is 0 Å². The van der Waals surface area contributed by atoms with E-state index in [2.05, 4.69) is 20.6 Å². The normalized spacial score (nSPS) is 10.3. The lowest BCUT2D eigenvalue weighted by Crippen LogP contribution is -2.06. The highest BCUT2D eigenvalue weighted by Gasteiger charge is 2.06. The summed E-state index contributed by atoms with van der Waals surface area (Å²) in [7, 11) is 1.69. The Bertz CT molecular complexity index is 572. The third-order valence-corrected chi connectivity index (χ3v) is 2.88. The summed E-state index contributed by atoms with van der Waals surface area (Å²) in [6, 6.07) is 8.04. The molecule has 2 N–H and O–H groups in total. The molecule has 0 aliphatic rings. The number of benzene rings is 1. The molecule has 0 aliphatic carbocycles. The van der Waals surface area contributed by atoms with Gasteiger partial charge in [-0.3, -0.25) is 0 Å². The van der Waals surface area contributed by atoms with Crippen molar-refractivity contribution in [3.05, 3.63) is 41.6 Å². The highest BCUT2D eigenvalue weighted by atomic mass is 16.5. The zero-order chi connectivity index (χ0) is 14.4. The van der Waals surface area contributed by atoms with Crippen LogP contribution < -0.4 is 10.6 Å². The van der Waals surface area contributed by atoms with Gasteiger partial charge in [0, 0.05) is 36.7 Å². The summed E-state index contributed by atoms with van der Waals surface area (Å²) in [5.41, 5.74) is 3.09. The number of nitrogens with zero attached hydrogens (tertiary/aromatic N) is 2. The Hall–Kier alpha value is -2.14. The molecule has 2 aromatic rings. The van der Waals surface area contributed by atoms with Crippen LogP contribution in [0.4, 0.5) is 17.5 Å². The van der Waals surface area contributed by atoms with Crippen LogP contribution in [0.1, 0.15) is 18.1 Å². The van der Waals surface area contributed by atoms with Gasteiger partial charge >= 0.3 is 0 Å². The first-order valence-electron chi connectivity index (χ1n) is 6.66. The average molecular weight is 272 g/mol. The lowest BCUT2D eigenvalue weighted by atomic mass is 10.2. The first-order chi connectivity index (χ1) is 9.74. The van der Waals surface area contributed by atoms with Crippen LogP contribution in [0.2, 0.25) is 0 Å². The minimum Gasteiger partial charge on any atom is -0.380 e. The van der Waals surface area contributed by atoms with E-state index in [0.29, 0.717) is 12.6 Å². The van der Waals surface area contributed by atoms with Crippen molar-refractivity contribution in [2.24, 2.45) is 0 Å². The summed E-state index contributed by atoms with van der Waals surface area (Å²) in [5.74, 6) is 1.43. The molecule has 0 fully saturated rings. The average Bonchev–Trinajstić information content (AvgIpc) is 2.45. The van der Waals surface area contributed by atoms with E-state index < -0.39 is 0 Å². The van der Waals surface area contributed by atoms with Crippen LogP contribution in [0.25, 0.3) is 0 Å². The molecule has 20 heavy (non-hydrogen) atoms. The summed E-state index contributed by atoms with van der Waals surface area (Å²) in [6.45, 7) is 5.36. The quantitative estimate of drug-likeness (QED) is 0.846. The van der Waals surface area contributed by atoms with Gasteiger partial charge in [0.25, 0.3) is 0 Å². The summed E-state index contributed by atoms with van der Waals surface area (Å²) < 4.78 is 5.21. The number of methoxy groups -OCH3 is 1. The molecule has 0 atom stereocenters. The van der Waals surface area contributed by atoms with Crippen molar-refractivity contribution in [1.82, 2.24) is 9.97 Å². The van der Waals surface area contributed by atoms with Crippen LogP contribution in [0, 0.1) is 6.92 Å². The van der Waals surface area contributed by atoms with Gasteiger partial charge in [-0.2, -0.15) is 4.98 Å². The molecule has 1 heterocycles. The molecule has 0 spiro atoms. The minimum absolute atomic E-state index is 0.563. The van der Waals surface area contributed by atoms with Gasteiger partial charge in [-0.1, -0.05) is 18.2 Å². The van der Waals surface area contributed by atoms with Gasteiger partial charge in [-0.05, 0) is 19.9 Å². The lowest BCUT2D eigenvalue weighted by molar-refractivity contribution is 0.185. The fourth-order valence-corrected chi connectivity index (χ4v) is 1.86. The third kappa shape index (κ3) is 3.45. The SMILES string of the molecule is CCNc1ncc(C)c(Nc2ccccc2COC)n1. The van der Waals surface area contributed by atoms with E-state index in [0.717, 1.165) is 29.2 Å². The molecule has 1 aromatic heterocycles. The fraction of sp³-hybridized carbons (Fsp3) is 0.333. The van der Waals surface area contributed by atoms with Crippen molar-refractivity contribution in [2.75, 3.05) is 24.3 Å². The standard InChI is InChI=1S/C15H20N4O/c1-4-16-15-17-9-11(2)14(19-15)18-13-8-6-5-7-12(13)10-20-3/h5-9H,4,10H2,1-3H3,(H2,16,17,18,19). The van der Waals surface area contributed by atoms with E-state index in [1.54, 1.807) is 7.11 Å². The van der Waals surface area contributed by atoms with Gasteiger partial charge in [0.1, 0.15) is 5.82 Å². The molecular weight excluding hydrogens is 252 g/mol. The Kier molecular flexibility index (Phi) is 4.90. The molecule has 0 radical (unpaired) electrons. The van der Waals surface area contributed by atoms with Gasteiger partial charge in [-0.15, -0.1) is 0 Å².